The van der Waals surface area contributed by atoms with Gasteiger partial charge in [0.2, 0.25) is 0 Å². The number of sulfone groups is 1. The highest BCUT2D eigenvalue weighted by molar-refractivity contribution is 7.91. The van der Waals surface area contributed by atoms with E-state index in [1.54, 1.807) is 30.0 Å². The van der Waals surface area contributed by atoms with E-state index in [0.717, 1.165) is 12.8 Å². The first-order valence-electron chi connectivity index (χ1n) is 9.56. The maximum absolute atomic E-state index is 13.6. The quantitative estimate of drug-likeness (QED) is 0.496. The topological polar surface area (TPSA) is 63.7 Å². The molecule has 9 heteroatoms. The van der Waals surface area contributed by atoms with E-state index < -0.39 is 27.1 Å². The molecule has 162 valence electrons. The summed E-state index contributed by atoms with van der Waals surface area (Å²) in [6.45, 7) is 2.95. The Morgan fingerprint density at radius 2 is 1.63 bits per heavy atom. The lowest BCUT2D eigenvalue weighted by atomic mass is 10.0. The van der Waals surface area contributed by atoms with Crippen molar-refractivity contribution in [2.75, 3.05) is 19.7 Å². The molecule has 0 spiro atoms. The highest BCUT2D eigenvalue weighted by Gasteiger charge is 2.36. The number of rotatable bonds is 6. The second-order valence-corrected chi connectivity index (χ2v) is 10.7. The summed E-state index contributed by atoms with van der Waals surface area (Å²) < 4.78 is 32.5. The van der Waals surface area contributed by atoms with Gasteiger partial charge in [0.25, 0.3) is 0 Å². The number of nitrogens with zero attached hydrogens (tertiary/aromatic N) is 1. The molecular formula is C21H22Cl3NO4S. The molecule has 3 rings (SSSR count). The van der Waals surface area contributed by atoms with Crippen molar-refractivity contribution in [1.82, 2.24) is 4.90 Å². The van der Waals surface area contributed by atoms with E-state index in [0.29, 0.717) is 28.7 Å². The number of halogens is 3. The fraction of sp³-hybridized carbons (Fsp3) is 0.381. The summed E-state index contributed by atoms with van der Waals surface area (Å²) >= 11 is 18.4. The molecule has 1 heterocycles. The van der Waals surface area contributed by atoms with Crippen LogP contribution in [-0.4, -0.2) is 39.1 Å². The van der Waals surface area contributed by atoms with Crippen molar-refractivity contribution >= 4 is 50.7 Å². The molecule has 0 bridgehead atoms. The van der Waals surface area contributed by atoms with E-state index >= 15 is 0 Å². The van der Waals surface area contributed by atoms with Crippen LogP contribution in [0.3, 0.4) is 0 Å². The Morgan fingerprint density at radius 1 is 1.03 bits per heavy atom. The van der Waals surface area contributed by atoms with E-state index in [1.807, 2.05) is 0 Å². The first-order chi connectivity index (χ1) is 14.2. The average molecular weight is 491 g/mol. The Kier molecular flexibility index (Phi) is 7.56. The number of hydrogen-bond acceptors (Lipinski definition) is 4. The number of likely N-dealkylation sites (tertiary alicyclic amines) is 1. The molecule has 0 N–H and O–H groups in total. The Hall–Kier alpha value is -1.47. The van der Waals surface area contributed by atoms with Gasteiger partial charge in [-0.25, -0.2) is 13.2 Å². The molecule has 5 nitrogen and oxygen atoms in total. The molecule has 2 aromatic rings. The third-order valence-electron chi connectivity index (χ3n) is 5.09. The van der Waals surface area contributed by atoms with E-state index in [2.05, 4.69) is 0 Å². The minimum absolute atomic E-state index is 0.0737. The largest absolute Gasteiger partial charge is 0.449 e. The van der Waals surface area contributed by atoms with Crippen LogP contribution in [0.25, 0.3) is 0 Å². The van der Waals surface area contributed by atoms with Crippen molar-refractivity contribution in [3.05, 3.63) is 63.1 Å². The van der Waals surface area contributed by atoms with Crippen LogP contribution in [0, 0.1) is 5.92 Å². The molecule has 0 saturated carbocycles. The highest BCUT2D eigenvalue weighted by atomic mass is 35.5. The van der Waals surface area contributed by atoms with Gasteiger partial charge in [0.15, 0.2) is 9.84 Å². The van der Waals surface area contributed by atoms with Gasteiger partial charge in [-0.3, -0.25) is 0 Å². The van der Waals surface area contributed by atoms with Crippen LogP contribution in [0.1, 0.15) is 30.6 Å². The zero-order valence-electron chi connectivity index (χ0n) is 16.4. The fourth-order valence-electron chi connectivity index (χ4n) is 3.56. The maximum atomic E-state index is 13.6. The van der Waals surface area contributed by atoms with Crippen molar-refractivity contribution in [1.29, 1.82) is 0 Å². The normalized spacial score (nSPS) is 16.3. The summed E-state index contributed by atoms with van der Waals surface area (Å²) in [6, 6.07) is 10.6. The zero-order chi connectivity index (χ0) is 21.9. The standard InChI is InChI=1S/C21H22Cl3NO4S/c1-14(13-29-21(26)25-10-2-3-11-25)20(18-12-16(23)6-9-19(18)24)30(27,28)17-7-4-15(22)5-8-17/h4-9,12,14,20H,2-3,10-11,13H2,1H3. The lowest BCUT2D eigenvalue weighted by Gasteiger charge is -2.26. The average Bonchev–Trinajstić information content (AvgIpc) is 3.24. The van der Waals surface area contributed by atoms with Crippen molar-refractivity contribution in [3.63, 3.8) is 0 Å². The Bertz CT molecular complexity index is 1010. The molecule has 0 aliphatic carbocycles. The first kappa shape index (κ1) is 23.2. The summed E-state index contributed by atoms with van der Waals surface area (Å²) in [5.41, 5.74) is 0.365. The molecule has 2 unspecified atom stereocenters. The Morgan fingerprint density at radius 3 is 2.27 bits per heavy atom. The van der Waals surface area contributed by atoms with Crippen molar-refractivity contribution < 1.29 is 17.9 Å². The minimum Gasteiger partial charge on any atom is -0.449 e. The zero-order valence-corrected chi connectivity index (χ0v) is 19.4. The lowest BCUT2D eigenvalue weighted by molar-refractivity contribution is 0.0962. The molecule has 2 aromatic carbocycles. The molecular weight excluding hydrogens is 469 g/mol. The molecule has 1 amide bonds. The third-order valence-corrected chi connectivity index (χ3v) is 8.24. The van der Waals surface area contributed by atoms with E-state index in [9.17, 15) is 13.2 Å². The van der Waals surface area contributed by atoms with Gasteiger partial charge in [0.1, 0.15) is 0 Å². The molecule has 0 radical (unpaired) electrons. The van der Waals surface area contributed by atoms with Gasteiger partial charge in [-0.15, -0.1) is 0 Å². The summed E-state index contributed by atoms with van der Waals surface area (Å²) in [7, 11) is -3.88. The van der Waals surface area contributed by atoms with Crippen LogP contribution in [0.2, 0.25) is 15.1 Å². The minimum atomic E-state index is -3.88. The summed E-state index contributed by atoms with van der Waals surface area (Å²) in [6.07, 6.45) is 1.45. The second-order valence-electron chi connectivity index (χ2n) is 7.33. The van der Waals surface area contributed by atoms with Crippen LogP contribution in [0.15, 0.2) is 47.4 Å². The molecule has 1 saturated heterocycles. The third kappa shape index (κ3) is 5.22. The Labute approximate surface area is 191 Å². The van der Waals surface area contributed by atoms with Crippen LogP contribution in [-0.2, 0) is 14.6 Å². The van der Waals surface area contributed by atoms with Crippen molar-refractivity contribution in [2.24, 2.45) is 5.92 Å². The number of ether oxygens (including phenoxy) is 1. The van der Waals surface area contributed by atoms with Gasteiger partial charge in [0, 0.05) is 34.1 Å². The maximum Gasteiger partial charge on any atom is 0.409 e. The van der Waals surface area contributed by atoms with Crippen LogP contribution in [0.5, 0.6) is 0 Å². The van der Waals surface area contributed by atoms with Gasteiger partial charge in [-0.05, 0) is 60.9 Å². The number of carbonyl (C=O) groups excluding carboxylic acids is 1. The second kappa shape index (κ2) is 9.77. The van der Waals surface area contributed by atoms with Gasteiger partial charge < -0.3 is 9.64 Å². The highest BCUT2D eigenvalue weighted by Crippen LogP contribution is 2.40. The van der Waals surface area contributed by atoms with Crippen LogP contribution >= 0.6 is 34.8 Å². The monoisotopic (exact) mass is 489 g/mol. The van der Waals surface area contributed by atoms with Gasteiger partial charge in [-0.1, -0.05) is 41.7 Å². The van der Waals surface area contributed by atoms with Gasteiger partial charge in [0.05, 0.1) is 16.8 Å². The van der Waals surface area contributed by atoms with Crippen LogP contribution < -0.4 is 0 Å². The predicted octanol–water partition coefficient (Wildman–Crippen LogP) is 6.03. The van der Waals surface area contributed by atoms with Crippen LogP contribution in [0.4, 0.5) is 4.79 Å². The van der Waals surface area contributed by atoms with Gasteiger partial charge in [-0.2, -0.15) is 0 Å². The summed E-state index contributed by atoms with van der Waals surface area (Å²) in [5, 5.41) is 0.0155. The molecule has 1 fully saturated rings. The van der Waals surface area contributed by atoms with E-state index in [1.165, 1.54) is 24.3 Å². The molecule has 2 atom stereocenters. The van der Waals surface area contributed by atoms with E-state index in [4.69, 9.17) is 39.5 Å². The van der Waals surface area contributed by atoms with Crippen molar-refractivity contribution in [2.45, 2.75) is 29.9 Å². The number of hydrogen-bond donors (Lipinski definition) is 0. The molecule has 30 heavy (non-hydrogen) atoms. The molecule has 0 aromatic heterocycles. The summed E-state index contributed by atoms with van der Waals surface area (Å²) in [4.78, 5) is 14.0. The smallest absolute Gasteiger partial charge is 0.409 e. The fourth-order valence-corrected chi connectivity index (χ4v) is 6.20. The van der Waals surface area contributed by atoms with E-state index in [-0.39, 0.29) is 16.5 Å². The first-order valence-corrected chi connectivity index (χ1v) is 12.2. The van der Waals surface area contributed by atoms with Gasteiger partial charge >= 0.3 is 6.09 Å². The number of amides is 1. The lowest BCUT2D eigenvalue weighted by Crippen LogP contribution is -2.31. The molecule has 1 aliphatic rings. The predicted molar refractivity (Wildman–Crippen MR) is 119 cm³/mol. The van der Waals surface area contributed by atoms with Crippen molar-refractivity contribution in [3.8, 4) is 0 Å². The SMILES string of the molecule is CC(COC(=O)N1CCCC1)C(c1cc(Cl)ccc1Cl)S(=O)(=O)c1ccc(Cl)cc1. The number of benzene rings is 2. The molecule has 1 aliphatic heterocycles. The Balaban J connectivity index is 1.93. The summed E-state index contributed by atoms with van der Waals surface area (Å²) in [5.74, 6) is -0.576. The number of carbonyl (C=O) groups is 1.